The maximum atomic E-state index is 13.3. The molecule has 1 amide bonds. The molecule has 4 rings (SSSR count). The first kappa shape index (κ1) is 20.9. The number of amidine groups is 1. The van der Waals surface area contributed by atoms with E-state index in [0.29, 0.717) is 24.6 Å². The average molecular weight is 429 g/mol. The van der Waals surface area contributed by atoms with E-state index >= 15 is 0 Å². The minimum Gasteiger partial charge on any atom is -0.494 e. The summed E-state index contributed by atoms with van der Waals surface area (Å²) < 4.78 is 5.59. The third kappa shape index (κ3) is 5.44. The second-order valence-electron chi connectivity index (χ2n) is 7.08. The molecule has 1 saturated heterocycles. The SMILES string of the molecule is CCOc1cccc(/C=C2/SC(=NCc3ccccc3)N(Cc3ccccc3)C2=O)c1. The Morgan fingerprint density at radius 2 is 1.65 bits per heavy atom. The van der Waals surface area contributed by atoms with E-state index in [1.165, 1.54) is 11.8 Å². The summed E-state index contributed by atoms with van der Waals surface area (Å²) in [6.45, 7) is 3.60. The molecule has 1 fully saturated rings. The number of amides is 1. The number of thioether (sulfide) groups is 1. The van der Waals surface area contributed by atoms with Crippen molar-refractivity contribution < 1.29 is 9.53 Å². The third-order valence-corrected chi connectivity index (χ3v) is 5.82. The average Bonchev–Trinajstić information content (AvgIpc) is 3.09. The molecule has 3 aromatic rings. The first-order chi connectivity index (χ1) is 15.2. The number of ether oxygens (including phenoxy) is 1. The Kier molecular flexibility index (Phi) is 6.85. The molecule has 156 valence electrons. The zero-order valence-corrected chi connectivity index (χ0v) is 18.2. The van der Waals surface area contributed by atoms with Gasteiger partial charge in [-0.15, -0.1) is 0 Å². The number of carbonyl (C=O) groups is 1. The maximum Gasteiger partial charge on any atom is 0.267 e. The predicted molar refractivity (Wildman–Crippen MR) is 128 cm³/mol. The zero-order chi connectivity index (χ0) is 21.5. The molecule has 0 radical (unpaired) electrons. The van der Waals surface area contributed by atoms with Gasteiger partial charge in [0.05, 0.1) is 24.6 Å². The summed E-state index contributed by atoms with van der Waals surface area (Å²) in [6, 6.07) is 27.9. The third-order valence-electron chi connectivity index (χ3n) is 4.78. The van der Waals surface area contributed by atoms with Gasteiger partial charge in [-0.1, -0.05) is 72.8 Å². The number of rotatable bonds is 7. The Balaban J connectivity index is 1.62. The van der Waals surface area contributed by atoms with Crippen LogP contribution in [-0.2, 0) is 17.9 Å². The first-order valence-electron chi connectivity index (χ1n) is 10.3. The lowest BCUT2D eigenvalue weighted by Crippen LogP contribution is -2.28. The Morgan fingerprint density at radius 1 is 0.935 bits per heavy atom. The molecule has 0 bridgehead atoms. The van der Waals surface area contributed by atoms with Crippen molar-refractivity contribution >= 4 is 28.9 Å². The van der Waals surface area contributed by atoms with E-state index in [0.717, 1.165) is 27.6 Å². The highest BCUT2D eigenvalue weighted by Crippen LogP contribution is 2.34. The molecule has 0 unspecified atom stereocenters. The fourth-order valence-corrected chi connectivity index (χ4v) is 4.26. The molecule has 4 nitrogen and oxygen atoms in total. The number of hydrogen-bond acceptors (Lipinski definition) is 4. The van der Waals surface area contributed by atoms with Crippen molar-refractivity contribution in [2.75, 3.05) is 6.61 Å². The predicted octanol–water partition coefficient (Wildman–Crippen LogP) is 5.76. The van der Waals surface area contributed by atoms with Crippen molar-refractivity contribution in [3.63, 3.8) is 0 Å². The Hall–Kier alpha value is -3.31. The molecule has 1 aliphatic rings. The van der Waals surface area contributed by atoms with Gasteiger partial charge in [-0.05, 0) is 53.6 Å². The molecular formula is C26H24N2O2S. The number of aliphatic imine (C=N–C) groups is 1. The lowest BCUT2D eigenvalue weighted by molar-refractivity contribution is -0.122. The molecule has 0 N–H and O–H groups in total. The van der Waals surface area contributed by atoms with Crippen LogP contribution >= 0.6 is 11.8 Å². The molecule has 31 heavy (non-hydrogen) atoms. The van der Waals surface area contributed by atoms with Gasteiger partial charge in [-0.25, -0.2) is 0 Å². The molecule has 5 heteroatoms. The van der Waals surface area contributed by atoms with Crippen molar-refractivity contribution in [1.29, 1.82) is 0 Å². The normalized spacial score (nSPS) is 16.3. The zero-order valence-electron chi connectivity index (χ0n) is 17.4. The van der Waals surface area contributed by atoms with Crippen molar-refractivity contribution in [1.82, 2.24) is 4.90 Å². The first-order valence-corrected chi connectivity index (χ1v) is 11.1. The van der Waals surface area contributed by atoms with Crippen LogP contribution in [0.2, 0.25) is 0 Å². The summed E-state index contributed by atoms with van der Waals surface area (Å²) >= 11 is 1.43. The van der Waals surface area contributed by atoms with Crippen LogP contribution in [0.1, 0.15) is 23.6 Å². The largest absolute Gasteiger partial charge is 0.494 e. The quantitative estimate of drug-likeness (QED) is 0.450. The Bertz CT molecular complexity index is 1090. The van der Waals surface area contributed by atoms with Gasteiger partial charge in [0.1, 0.15) is 5.75 Å². The lowest BCUT2D eigenvalue weighted by atomic mass is 10.2. The van der Waals surface area contributed by atoms with Gasteiger partial charge in [0.2, 0.25) is 0 Å². The van der Waals surface area contributed by atoms with Gasteiger partial charge in [0.15, 0.2) is 5.17 Å². The van der Waals surface area contributed by atoms with Crippen LogP contribution in [0.3, 0.4) is 0 Å². The van der Waals surface area contributed by atoms with Crippen LogP contribution in [-0.4, -0.2) is 22.6 Å². The summed E-state index contributed by atoms with van der Waals surface area (Å²) in [5.41, 5.74) is 3.12. The van der Waals surface area contributed by atoms with E-state index in [1.54, 1.807) is 4.90 Å². The summed E-state index contributed by atoms with van der Waals surface area (Å²) in [5, 5.41) is 0.727. The number of hydrogen-bond donors (Lipinski definition) is 0. The lowest BCUT2D eigenvalue weighted by Gasteiger charge is -2.15. The fraction of sp³-hybridized carbons (Fsp3) is 0.154. The van der Waals surface area contributed by atoms with Gasteiger partial charge in [0, 0.05) is 0 Å². The molecule has 0 spiro atoms. The van der Waals surface area contributed by atoms with Gasteiger partial charge in [-0.2, -0.15) is 0 Å². The smallest absolute Gasteiger partial charge is 0.267 e. The van der Waals surface area contributed by atoms with E-state index in [9.17, 15) is 4.79 Å². The van der Waals surface area contributed by atoms with Crippen LogP contribution in [0.4, 0.5) is 0 Å². The standard InChI is InChI=1S/C26H24N2O2S/c1-2-30-23-15-9-14-22(16-23)17-24-25(29)28(19-21-12-7-4-8-13-21)26(31-24)27-18-20-10-5-3-6-11-20/h3-17H,2,18-19H2,1H3/b24-17+,27-26?. The molecule has 0 atom stereocenters. The van der Waals surface area contributed by atoms with Gasteiger partial charge in [0.25, 0.3) is 5.91 Å². The molecule has 0 saturated carbocycles. The van der Waals surface area contributed by atoms with Crippen molar-refractivity contribution in [2.45, 2.75) is 20.0 Å². The topological polar surface area (TPSA) is 41.9 Å². The van der Waals surface area contributed by atoms with E-state index in [4.69, 9.17) is 9.73 Å². The van der Waals surface area contributed by atoms with Crippen LogP contribution in [0.5, 0.6) is 5.75 Å². The summed E-state index contributed by atoms with van der Waals surface area (Å²) in [4.78, 5) is 20.5. The molecule has 1 aliphatic heterocycles. The highest BCUT2D eigenvalue weighted by Gasteiger charge is 2.33. The molecule has 3 aromatic carbocycles. The summed E-state index contributed by atoms with van der Waals surface area (Å²) in [5.74, 6) is 0.772. The number of nitrogens with zero attached hydrogens (tertiary/aromatic N) is 2. The van der Waals surface area contributed by atoms with E-state index in [1.807, 2.05) is 97.9 Å². The second kappa shape index (κ2) is 10.1. The van der Waals surface area contributed by atoms with E-state index in [-0.39, 0.29) is 5.91 Å². The van der Waals surface area contributed by atoms with Gasteiger partial charge >= 0.3 is 0 Å². The van der Waals surface area contributed by atoms with Crippen LogP contribution in [0.15, 0.2) is 94.8 Å². The highest BCUT2D eigenvalue weighted by atomic mass is 32.2. The second-order valence-corrected chi connectivity index (χ2v) is 8.09. The van der Waals surface area contributed by atoms with Crippen LogP contribution in [0, 0.1) is 0 Å². The van der Waals surface area contributed by atoms with Crippen molar-refractivity contribution in [3.05, 3.63) is 107 Å². The van der Waals surface area contributed by atoms with Crippen molar-refractivity contribution in [3.8, 4) is 5.75 Å². The van der Waals surface area contributed by atoms with Crippen molar-refractivity contribution in [2.24, 2.45) is 4.99 Å². The van der Waals surface area contributed by atoms with Gasteiger partial charge < -0.3 is 4.74 Å². The summed E-state index contributed by atoms with van der Waals surface area (Å²) in [6.07, 6.45) is 1.92. The highest BCUT2D eigenvalue weighted by molar-refractivity contribution is 8.18. The minimum atomic E-state index is -0.0255. The van der Waals surface area contributed by atoms with E-state index in [2.05, 4.69) is 0 Å². The summed E-state index contributed by atoms with van der Waals surface area (Å²) in [7, 11) is 0. The van der Waals surface area contributed by atoms with Crippen LogP contribution < -0.4 is 4.74 Å². The maximum absolute atomic E-state index is 13.3. The molecular weight excluding hydrogens is 404 g/mol. The number of benzene rings is 3. The van der Waals surface area contributed by atoms with Crippen LogP contribution in [0.25, 0.3) is 6.08 Å². The molecule has 0 aromatic heterocycles. The van der Waals surface area contributed by atoms with E-state index < -0.39 is 0 Å². The molecule has 0 aliphatic carbocycles. The fourth-order valence-electron chi connectivity index (χ4n) is 3.29. The van der Waals surface area contributed by atoms with Gasteiger partial charge in [-0.3, -0.25) is 14.7 Å². The minimum absolute atomic E-state index is 0.0255. The number of carbonyl (C=O) groups excluding carboxylic acids is 1. The Labute approximate surface area is 187 Å². The molecule has 1 heterocycles. The monoisotopic (exact) mass is 428 g/mol. The Morgan fingerprint density at radius 3 is 2.35 bits per heavy atom.